The number of carbonyl (C=O) groups is 2. The molecule has 10 nitrogen and oxygen atoms in total. The first-order chi connectivity index (χ1) is 24.8. The minimum absolute atomic E-state index is 0.0321. The monoisotopic (exact) mass is 736 g/mol. The number of phenols is 1. The number of nitro groups is 1. The molecule has 2 aliphatic heterocycles. The van der Waals surface area contributed by atoms with Gasteiger partial charge in [-0.05, 0) is 69.0 Å². The molecule has 1 aliphatic carbocycles. The summed E-state index contributed by atoms with van der Waals surface area (Å²) in [5, 5.41) is 35.5. The third-order valence-electron chi connectivity index (χ3n) is 10.7. The molecule has 0 saturated carbocycles. The summed E-state index contributed by atoms with van der Waals surface area (Å²) in [5.74, 6) is -3.30. The topological polar surface area (TPSA) is 139 Å². The molecular formula is C39H38BClN2O8Si. The number of halogens is 1. The van der Waals surface area contributed by atoms with Gasteiger partial charge in [-0.25, -0.2) is 4.90 Å². The lowest BCUT2D eigenvalue weighted by molar-refractivity contribution is -0.384. The molecule has 2 saturated heterocycles. The van der Waals surface area contributed by atoms with Crippen molar-refractivity contribution in [2.75, 3.05) is 11.5 Å². The van der Waals surface area contributed by atoms with Crippen LogP contribution in [-0.2, 0) is 18.7 Å². The molecule has 0 radical (unpaired) electrons. The molecule has 0 aromatic heterocycles. The number of hydrogen-bond acceptors (Lipinski definition) is 8. The van der Waals surface area contributed by atoms with Crippen LogP contribution in [0.5, 0.6) is 5.75 Å². The van der Waals surface area contributed by atoms with Crippen LogP contribution in [0.3, 0.4) is 0 Å². The van der Waals surface area contributed by atoms with E-state index in [4.69, 9.17) is 20.7 Å². The first kappa shape index (κ1) is 35.8. The quantitative estimate of drug-likeness (QED) is 0.0954. The van der Waals surface area contributed by atoms with Gasteiger partial charge in [0, 0.05) is 17.2 Å². The van der Waals surface area contributed by atoms with E-state index in [1.54, 1.807) is 6.07 Å². The van der Waals surface area contributed by atoms with E-state index in [1.807, 2.05) is 36.4 Å². The van der Waals surface area contributed by atoms with Crippen LogP contribution < -0.4 is 15.3 Å². The smallest absolute Gasteiger partial charge is 0.487 e. The van der Waals surface area contributed by atoms with Crippen molar-refractivity contribution in [1.82, 2.24) is 0 Å². The number of hydrogen-bond donors (Lipinski definition) is 2. The molecule has 4 atom stereocenters. The van der Waals surface area contributed by atoms with E-state index >= 15 is 0 Å². The third-order valence-corrected chi connectivity index (χ3v) is 16.0. The number of amides is 2. The number of allylic oxidation sites excluding steroid dienone is 1. The third kappa shape index (κ3) is 6.08. The maximum atomic E-state index is 14.4. The normalized spacial score (nSPS) is 22.0. The van der Waals surface area contributed by atoms with Crippen molar-refractivity contribution < 1.29 is 33.7 Å². The van der Waals surface area contributed by atoms with E-state index in [1.165, 1.54) is 36.4 Å². The van der Waals surface area contributed by atoms with E-state index in [0.717, 1.165) is 15.3 Å². The lowest BCUT2D eigenvalue weighted by Crippen LogP contribution is -2.66. The summed E-state index contributed by atoms with van der Waals surface area (Å²) in [5.41, 5.74) is 1.60. The second-order valence-corrected chi connectivity index (χ2v) is 19.4. The molecule has 13 heteroatoms. The molecule has 7 rings (SSSR count). The van der Waals surface area contributed by atoms with Crippen molar-refractivity contribution in [3.63, 3.8) is 0 Å². The zero-order valence-corrected chi connectivity index (χ0v) is 30.7. The number of anilines is 1. The molecule has 0 bridgehead atoms. The van der Waals surface area contributed by atoms with Crippen molar-refractivity contribution in [2.45, 2.75) is 44.8 Å². The Labute approximate surface area is 308 Å². The first-order valence-corrected chi connectivity index (χ1v) is 19.5. The minimum Gasteiger partial charge on any atom is -0.508 e. The Morgan fingerprint density at radius 1 is 0.942 bits per heavy atom. The van der Waals surface area contributed by atoms with Gasteiger partial charge in [-0.1, -0.05) is 105 Å². The van der Waals surface area contributed by atoms with E-state index < -0.39 is 56.0 Å². The Bertz CT molecular complexity index is 2040. The molecule has 2 N–H and O–H groups in total. The average molecular weight is 737 g/mol. The summed E-state index contributed by atoms with van der Waals surface area (Å²) < 4.78 is 13.5. The highest BCUT2D eigenvalue weighted by molar-refractivity contribution is 6.99. The number of fused-ring (bicyclic) bond motifs is 3. The van der Waals surface area contributed by atoms with Crippen molar-refractivity contribution in [1.29, 1.82) is 0 Å². The predicted octanol–water partition coefficient (Wildman–Crippen LogP) is 6.13. The summed E-state index contributed by atoms with van der Waals surface area (Å²) in [7, 11) is -4.50. The summed E-state index contributed by atoms with van der Waals surface area (Å²) in [6, 6.07) is 30.2. The fourth-order valence-electron chi connectivity index (χ4n) is 8.48. The summed E-state index contributed by atoms with van der Waals surface area (Å²) in [4.78, 5) is 40.8. The lowest BCUT2D eigenvalue weighted by Gasteiger charge is -2.45. The number of carbonyl (C=O) groups excluding carboxylic acids is 2. The van der Waals surface area contributed by atoms with Crippen LogP contribution in [0.25, 0.3) is 0 Å². The van der Waals surface area contributed by atoms with Crippen molar-refractivity contribution in [3.05, 3.63) is 135 Å². The number of nitrogens with zero attached hydrogens (tertiary/aromatic N) is 2. The number of nitro benzene ring substituents is 1. The highest BCUT2D eigenvalue weighted by atomic mass is 35.5. The highest BCUT2D eigenvalue weighted by Gasteiger charge is 2.59. The Balaban J connectivity index is 1.33. The van der Waals surface area contributed by atoms with Gasteiger partial charge in [0.05, 0.1) is 35.2 Å². The largest absolute Gasteiger partial charge is 0.508 e. The van der Waals surface area contributed by atoms with E-state index in [-0.39, 0.29) is 46.6 Å². The standard InChI is InChI=1S/C39H38BClN2O8Si/c1-39(2,3)52(28-13-6-4-7-14-28,29-15-8-5-9-16-29)50-23-24-19-32-35(38(46)42(37(32)45)25-11-10-12-26(20-25)43(48)49)31-22-34(51-40(47)36(24)31)30-18-17-27(44)21-33(30)41/h4-18,20-21,31-32,34-35,44,47H,19,22-23H2,1-3H3/t31-,32-,34-,35+/m0/s1. The predicted molar refractivity (Wildman–Crippen MR) is 201 cm³/mol. The van der Waals surface area contributed by atoms with Crippen LogP contribution in [0, 0.1) is 27.9 Å². The highest BCUT2D eigenvalue weighted by Crippen LogP contribution is 2.53. The minimum atomic E-state index is -3.06. The van der Waals surface area contributed by atoms with Crippen LogP contribution in [0.4, 0.5) is 11.4 Å². The van der Waals surface area contributed by atoms with Gasteiger partial charge in [-0.15, -0.1) is 0 Å². The van der Waals surface area contributed by atoms with E-state index in [0.29, 0.717) is 16.6 Å². The fourth-order valence-corrected chi connectivity index (χ4v) is 13.3. The number of benzene rings is 4. The molecule has 4 aromatic rings. The molecule has 2 amide bonds. The van der Waals surface area contributed by atoms with E-state index in [9.17, 15) is 29.8 Å². The van der Waals surface area contributed by atoms with Crippen LogP contribution >= 0.6 is 11.6 Å². The van der Waals surface area contributed by atoms with Crippen LogP contribution in [0.2, 0.25) is 10.1 Å². The average Bonchev–Trinajstić information content (AvgIpc) is 3.37. The molecule has 4 aromatic carbocycles. The maximum absolute atomic E-state index is 14.4. The molecule has 0 unspecified atom stereocenters. The molecule has 3 aliphatic rings. The fraction of sp³-hybridized carbons (Fsp3) is 0.282. The second-order valence-electron chi connectivity index (χ2n) is 14.7. The van der Waals surface area contributed by atoms with Crippen LogP contribution in [0.15, 0.2) is 114 Å². The number of phenolic OH excluding ortho intramolecular Hbond substituents is 1. The Kier molecular flexibility index (Phi) is 9.47. The van der Waals surface area contributed by atoms with Gasteiger partial charge >= 0.3 is 7.12 Å². The van der Waals surface area contributed by atoms with Gasteiger partial charge in [0.25, 0.3) is 14.0 Å². The summed E-state index contributed by atoms with van der Waals surface area (Å²) in [6.07, 6.45) is -0.414. The molecule has 2 fully saturated rings. The van der Waals surface area contributed by atoms with Gasteiger partial charge in [-0.3, -0.25) is 19.7 Å². The Morgan fingerprint density at radius 3 is 2.19 bits per heavy atom. The summed E-state index contributed by atoms with van der Waals surface area (Å²) in [6.45, 7) is 6.57. The zero-order valence-electron chi connectivity index (χ0n) is 28.9. The molecular weight excluding hydrogens is 699 g/mol. The maximum Gasteiger partial charge on any atom is 0.487 e. The molecule has 0 spiro atoms. The van der Waals surface area contributed by atoms with Crippen molar-refractivity contribution >= 4 is 60.6 Å². The molecule has 52 heavy (non-hydrogen) atoms. The van der Waals surface area contributed by atoms with E-state index in [2.05, 4.69) is 45.0 Å². The number of imide groups is 1. The zero-order chi connectivity index (χ0) is 36.9. The van der Waals surface area contributed by atoms with Gasteiger partial charge < -0.3 is 19.2 Å². The van der Waals surface area contributed by atoms with Crippen molar-refractivity contribution in [2.24, 2.45) is 17.8 Å². The number of non-ortho nitro benzene ring substituents is 1. The van der Waals surface area contributed by atoms with Crippen LogP contribution in [0.1, 0.15) is 45.3 Å². The van der Waals surface area contributed by atoms with Gasteiger partial charge in [0.2, 0.25) is 11.8 Å². The molecule has 266 valence electrons. The SMILES string of the molecule is CC(C)(C)[Si](OCC1=C2B(O)O[C@H](c3ccc(O)cc3Cl)C[C@H]2[C@H]2C(=O)N(c3cccc([N+](=O)[O-])c3)C(=O)[C@H]2C1)(c1ccccc1)c1ccccc1. The Hall–Kier alpha value is -4.59. The summed E-state index contributed by atoms with van der Waals surface area (Å²) >= 11 is 6.55. The van der Waals surface area contributed by atoms with Gasteiger partial charge in [0.15, 0.2) is 0 Å². The number of aromatic hydroxyl groups is 1. The number of rotatable bonds is 8. The lowest BCUT2D eigenvalue weighted by atomic mass is 9.55. The molecule has 2 heterocycles. The van der Waals surface area contributed by atoms with Crippen molar-refractivity contribution in [3.8, 4) is 5.75 Å². The van der Waals surface area contributed by atoms with Crippen LogP contribution in [-0.4, -0.2) is 48.9 Å². The first-order valence-electron chi connectivity index (χ1n) is 17.2. The van der Waals surface area contributed by atoms with Gasteiger partial charge in [0.1, 0.15) is 5.75 Å². The Morgan fingerprint density at radius 2 is 1.60 bits per heavy atom. The second kappa shape index (κ2) is 13.8. The van der Waals surface area contributed by atoms with Gasteiger partial charge in [-0.2, -0.15) is 0 Å².